The number of nitrogens with zero attached hydrogens (tertiary/aromatic N) is 2. The van der Waals surface area contributed by atoms with Crippen molar-refractivity contribution in [3.8, 4) is 0 Å². The number of rotatable bonds is 5. The molecule has 1 N–H and O–H groups in total. The van der Waals surface area contributed by atoms with Gasteiger partial charge in [0.25, 0.3) is 11.8 Å². The molecule has 32 heavy (non-hydrogen) atoms. The Balaban J connectivity index is 1.84. The number of imide groups is 1. The lowest BCUT2D eigenvalue weighted by Gasteiger charge is -2.26. The Morgan fingerprint density at radius 1 is 1.09 bits per heavy atom. The molecule has 0 aliphatic carbocycles. The predicted molar refractivity (Wildman–Crippen MR) is 119 cm³/mol. The molecule has 1 fully saturated rings. The second kappa shape index (κ2) is 10.2. The maximum absolute atomic E-state index is 12.9. The van der Waals surface area contributed by atoms with Gasteiger partial charge in [-0.05, 0) is 56.3 Å². The first kappa shape index (κ1) is 23.9. The third-order valence-electron chi connectivity index (χ3n) is 4.75. The van der Waals surface area contributed by atoms with E-state index < -0.39 is 34.0 Å². The molecule has 1 aliphatic heterocycles. The molecule has 172 valence electrons. The third-order valence-corrected chi connectivity index (χ3v) is 7.33. The van der Waals surface area contributed by atoms with Gasteiger partial charge in [0.2, 0.25) is 10.0 Å². The van der Waals surface area contributed by atoms with Crippen molar-refractivity contribution in [3.63, 3.8) is 0 Å². The molecule has 0 radical (unpaired) electrons. The zero-order chi connectivity index (χ0) is 23.3. The number of nitrogens with one attached hydrogen (secondary N) is 1. The van der Waals surface area contributed by atoms with Crippen molar-refractivity contribution in [3.05, 3.63) is 52.2 Å². The van der Waals surface area contributed by atoms with Gasteiger partial charge in [-0.3, -0.25) is 15.0 Å². The molecule has 1 aromatic heterocycles. The van der Waals surface area contributed by atoms with E-state index in [1.54, 1.807) is 19.2 Å². The summed E-state index contributed by atoms with van der Waals surface area (Å²) in [4.78, 5) is 38.0. The van der Waals surface area contributed by atoms with Gasteiger partial charge in [0.05, 0.1) is 16.6 Å². The number of sulfonamides is 1. The highest BCUT2D eigenvalue weighted by atomic mass is 32.2. The predicted octanol–water partition coefficient (Wildman–Crippen LogP) is 3.25. The highest BCUT2D eigenvalue weighted by Crippen LogP contribution is 2.21. The van der Waals surface area contributed by atoms with Crippen molar-refractivity contribution in [2.45, 2.75) is 44.1 Å². The minimum absolute atomic E-state index is 0.0106. The molecule has 0 unspecified atom stereocenters. The first-order valence-corrected chi connectivity index (χ1v) is 12.6. The average molecular weight is 480 g/mol. The molecular formula is C21H25N3O6S2. The quantitative estimate of drug-likeness (QED) is 0.659. The van der Waals surface area contributed by atoms with Crippen molar-refractivity contribution >= 4 is 39.3 Å². The Labute approximate surface area is 191 Å². The Morgan fingerprint density at radius 3 is 2.44 bits per heavy atom. The summed E-state index contributed by atoms with van der Waals surface area (Å²) in [6.07, 6.45) is 1.00. The number of hydrazine groups is 1. The molecule has 2 aromatic rings. The Kier molecular flexibility index (Phi) is 7.64. The lowest BCUT2D eigenvalue weighted by atomic mass is 10.2. The van der Waals surface area contributed by atoms with Crippen LogP contribution in [-0.4, -0.2) is 54.8 Å². The Bertz CT molecular complexity index is 1080. The van der Waals surface area contributed by atoms with E-state index in [2.05, 4.69) is 5.43 Å². The summed E-state index contributed by atoms with van der Waals surface area (Å²) in [5, 5.41) is 3.70. The van der Waals surface area contributed by atoms with Crippen molar-refractivity contribution in [1.29, 1.82) is 0 Å². The van der Waals surface area contributed by atoms with Gasteiger partial charge in [-0.15, -0.1) is 5.01 Å². The standard InChI is InChI=1S/C21H25N3O6S2/c1-15(2)30-21(27)24(20(26)17-9-12-31-14-17)22-19(25)16-7-6-8-18(13-16)32(28,29)23-10-4-3-5-11-23/h6-9,12-15H,3-5,10-11H2,1-2H3,(H,22,25). The van der Waals surface area contributed by atoms with Crippen LogP contribution < -0.4 is 5.43 Å². The maximum Gasteiger partial charge on any atom is 0.436 e. The zero-order valence-electron chi connectivity index (χ0n) is 17.8. The fraction of sp³-hybridized carbons (Fsp3) is 0.381. The van der Waals surface area contributed by atoms with Gasteiger partial charge >= 0.3 is 6.09 Å². The smallest absolute Gasteiger partial charge is 0.436 e. The van der Waals surface area contributed by atoms with E-state index in [0.29, 0.717) is 18.1 Å². The fourth-order valence-electron chi connectivity index (χ4n) is 3.17. The molecule has 9 nitrogen and oxygen atoms in total. The lowest BCUT2D eigenvalue weighted by molar-refractivity contribution is 0.0417. The number of carbonyl (C=O) groups is 3. The van der Waals surface area contributed by atoms with Gasteiger partial charge in [0.15, 0.2) is 0 Å². The molecule has 0 saturated carbocycles. The molecule has 1 saturated heterocycles. The number of benzene rings is 1. The minimum atomic E-state index is -3.75. The summed E-state index contributed by atoms with van der Waals surface area (Å²) >= 11 is 1.26. The molecule has 11 heteroatoms. The number of ether oxygens (including phenoxy) is 1. The number of carbonyl (C=O) groups excluding carboxylic acids is 3. The zero-order valence-corrected chi connectivity index (χ0v) is 19.4. The van der Waals surface area contributed by atoms with E-state index in [1.807, 2.05) is 0 Å². The molecule has 0 atom stereocenters. The van der Waals surface area contributed by atoms with Crippen molar-refractivity contribution in [2.75, 3.05) is 13.1 Å². The molecular weight excluding hydrogens is 454 g/mol. The molecule has 3 amide bonds. The highest BCUT2D eigenvalue weighted by Gasteiger charge is 2.30. The maximum atomic E-state index is 12.9. The van der Waals surface area contributed by atoms with Crippen LogP contribution in [0, 0.1) is 0 Å². The summed E-state index contributed by atoms with van der Waals surface area (Å²) in [5.74, 6) is -1.58. The van der Waals surface area contributed by atoms with Crippen LogP contribution in [-0.2, 0) is 14.8 Å². The number of thiophene rings is 1. The van der Waals surface area contributed by atoms with E-state index >= 15 is 0 Å². The largest absolute Gasteiger partial charge is 0.445 e. The fourth-order valence-corrected chi connectivity index (χ4v) is 5.36. The van der Waals surface area contributed by atoms with Crippen molar-refractivity contribution in [2.24, 2.45) is 0 Å². The van der Waals surface area contributed by atoms with Crippen LogP contribution >= 0.6 is 11.3 Å². The van der Waals surface area contributed by atoms with Gasteiger partial charge in [0.1, 0.15) is 0 Å². The molecule has 0 bridgehead atoms. The first-order chi connectivity index (χ1) is 15.2. The van der Waals surface area contributed by atoms with Gasteiger partial charge in [-0.2, -0.15) is 15.6 Å². The second-order valence-electron chi connectivity index (χ2n) is 7.52. The van der Waals surface area contributed by atoms with Gasteiger partial charge in [-0.25, -0.2) is 13.2 Å². The Hall–Kier alpha value is -2.76. The second-order valence-corrected chi connectivity index (χ2v) is 10.2. The first-order valence-electron chi connectivity index (χ1n) is 10.2. The number of amides is 3. The summed E-state index contributed by atoms with van der Waals surface area (Å²) in [6.45, 7) is 4.09. The molecule has 3 rings (SSSR count). The van der Waals surface area contributed by atoms with Crippen LogP contribution in [0.2, 0.25) is 0 Å². The molecule has 0 spiro atoms. The van der Waals surface area contributed by atoms with E-state index in [9.17, 15) is 22.8 Å². The summed E-state index contributed by atoms with van der Waals surface area (Å²) in [7, 11) is -3.75. The van der Waals surface area contributed by atoms with Crippen LogP contribution in [0.5, 0.6) is 0 Å². The van der Waals surface area contributed by atoms with E-state index in [1.165, 1.54) is 51.4 Å². The normalized spacial score (nSPS) is 14.7. The highest BCUT2D eigenvalue weighted by molar-refractivity contribution is 7.89. The number of piperidine rings is 1. The lowest BCUT2D eigenvalue weighted by Crippen LogP contribution is -2.50. The SMILES string of the molecule is CC(C)OC(=O)N(NC(=O)c1cccc(S(=O)(=O)N2CCCCC2)c1)C(=O)c1ccsc1. The van der Waals surface area contributed by atoms with Gasteiger partial charge in [0, 0.05) is 24.0 Å². The van der Waals surface area contributed by atoms with Gasteiger partial charge in [-0.1, -0.05) is 12.5 Å². The van der Waals surface area contributed by atoms with Gasteiger partial charge < -0.3 is 4.74 Å². The minimum Gasteiger partial charge on any atom is -0.445 e. The average Bonchev–Trinajstić information content (AvgIpc) is 3.32. The number of hydrogen-bond donors (Lipinski definition) is 1. The topological polar surface area (TPSA) is 113 Å². The van der Waals surface area contributed by atoms with E-state index in [-0.39, 0.29) is 16.0 Å². The summed E-state index contributed by atoms with van der Waals surface area (Å²) in [6, 6.07) is 7.03. The molecule has 1 aromatic carbocycles. The van der Waals surface area contributed by atoms with Crippen molar-refractivity contribution in [1.82, 2.24) is 14.7 Å². The third kappa shape index (κ3) is 5.53. The monoisotopic (exact) mass is 479 g/mol. The van der Waals surface area contributed by atoms with E-state index in [4.69, 9.17) is 4.74 Å². The van der Waals surface area contributed by atoms with Crippen molar-refractivity contribution < 1.29 is 27.5 Å². The van der Waals surface area contributed by atoms with Crippen LogP contribution in [0.25, 0.3) is 0 Å². The van der Waals surface area contributed by atoms with Crippen LogP contribution in [0.15, 0.2) is 46.0 Å². The summed E-state index contributed by atoms with van der Waals surface area (Å²) in [5.41, 5.74) is 2.45. The summed E-state index contributed by atoms with van der Waals surface area (Å²) < 4.78 is 32.3. The van der Waals surface area contributed by atoms with Crippen LogP contribution in [0.3, 0.4) is 0 Å². The van der Waals surface area contributed by atoms with Crippen LogP contribution in [0.1, 0.15) is 53.8 Å². The Morgan fingerprint density at radius 2 is 1.81 bits per heavy atom. The molecule has 2 heterocycles. The number of hydrogen-bond acceptors (Lipinski definition) is 7. The van der Waals surface area contributed by atoms with E-state index in [0.717, 1.165) is 19.3 Å². The van der Waals surface area contributed by atoms with Crippen LogP contribution in [0.4, 0.5) is 4.79 Å². The molecule has 1 aliphatic rings.